The summed E-state index contributed by atoms with van der Waals surface area (Å²) in [5, 5.41) is 0.478. The van der Waals surface area contributed by atoms with E-state index in [9.17, 15) is 0 Å². The van der Waals surface area contributed by atoms with Crippen LogP contribution in [0.2, 0.25) is 29.8 Å². The van der Waals surface area contributed by atoms with Crippen molar-refractivity contribution >= 4 is 15.2 Å². The van der Waals surface area contributed by atoms with Crippen molar-refractivity contribution in [3.05, 3.63) is 0 Å². The Bertz CT molecular complexity index is 218. The molecule has 0 saturated carbocycles. The Hall–Kier alpha value is 0.242. The summed E-state index contributed by atoms with van der Waals surface area (Å²) in [5.41, 5.74) is 0.815. The molecule has 1 heterocycles. The number of rotatable bonds is 4. The Morgan fingerprint density at radius 3 is 2.00 bits per heavy atom. The van der Waals surface area contributed by atoms with Crippen LogP contribution in [0.3, 0.4) is 0 Å². The van der Waals surface area contributed by atoms with E-state index in [4.69, 9.17) is 4.34 Å². The van der Waals surface area contributed by atoms with E-state index >= 15 is 0 Å². The fourth-order valence-corrected chi connectivity index (χ4v) is 7.47. The predicted molar refractivity (Wildman–Crippen MR) is 72.1 cm³/mol. The third-order valence-corrected chi connectivity index (χ3v) is 9.85. The topological polar surface area (TPSA) is 9.23 Å². The Morgan fingerprint density at radius 1 is 1.20 bits per heavy atom. The largest absolute Gasteiger partial charge is 0.476 e. The minimum absolute atomic E-state index is 0.478. The first-order chi connectivity index (χ1) is 7.00. The Labute approximate surface area is 97.2 Å². The average Bonchev–Trinajstić information content (AvgIpc) is 2.50. The van der Waals surface area contributed by atoms with Crippen LogP contribution >= 0.6 is 0 Å². The van der Waals surface area contributed by atoms with Gasteiger partial charge >= 0.3 is 0 Å². The molecule has 1 rings (SSSR count). The fourth-order valence-electron chi connectivity index (χ4n) is 3.63. The summed E-state index contributed by atoms with van der Waals surface area (Å²) in [6.45, 7) is 14.7. The zero-order chi connectivity index (χ0) is 11.7. The molecule has 0 aromatic carbocycles. The normalized spacial score (nSPS) is 34.8. The number of hydrogen-bond acceptors (Lipinski definition) is 1. The molecule has 1 aliphatic heterocycles. The van der Waals surface area contributed by atoms with E-state index in [1.807, 2.05) is 0 Å². The molecule has 2 atom stereocenters. The minimum Gasteiger partial charge on any atom is -0.476 e. The van der Waals surface area contributed by atoms with Crippen molar-refractivity contribution < 1.29 is 4.34 Å². The van der Waals surface area contributed by atoms with Crippen LogP contribution in [-0.2, 0) is 4.34 Å². The lowest BCUT2D eigenvalue weighted by molar-refractivity contribution is 0.479. The third kappa shape index (κ3) is 1.82. The zero-order valence-corrected chi connectivity index (χ0v) is 12.4. The van der Waals surface area contributed by atoms with Crippen LogP contribution in [0, 0.1) is 0 Å². The molecule has 1 aliphatic rings. The first-order valence-corrected chi connectivity index (χ1v) is 9.37. The van der Waals surface area contributed by atoms with E-state index in [1.165, 1.54) is 25.2 Å². The van der Waals surface area contributed by atoms with E-state index in [2.05, 4.69) is 41.2 Å². The second-order valence-corrected chi connectivity index (χ2v) is 9.78. The Kier molecular flexibility index (Phi) is 4.10. The van der Waals surface area contributed by atoms with Crippen molar-refractivity contribution in [2.75, 3.05) is 0 Å². The SMILES string of the molecule is CCB1O[Si](C)(CC)C(C)C1(CC)CC. The molecule has 1 saturated heterocycles. The molecule has 1 fully saturated rings. The molecule has 88 valence electrons. The maximum Gasteiger partial charge on any atom is 0.286 e. The first kappa shape index (κ1) is 13.3. The molecule has 0 spiro atoms. The van der Waals surface area contributed by atoms with Crippen molar-refractivity contribution in [3.63, 3.8) is 0 Å². The molecule has 15 heavy (non-hydrogen) atoms. The smallest absolute Gasteiger partial charge is 0.286 e. The summed E-state index contributed by atoms with van der Waals surface area (Å²) in [4.78, 5) is 0. The van der Waals surface area contributed by atoms with E-state index in [-0.39, 0.29) is 0 Å². The highest BCUT2D eigenvalue weighted by molar-refractivity contribution is 6.86. The fraction of sp³-hybridized carbons (Fsp3) is 1.00. The van der Waals surface area contributed by atoms with Gasteiger partial charge in [0.05, 0.1) is 0 Å². The molecule has 1 nitrogen and oxygen atoms in total. The summed E-state index contributed by atoms with van der Waals surface area (Å²) in [7, 11) is -1.42. The van der Waals surface area contributed by atoms with Gasteiger partial charge in [-0.2, -0.15) is 0 Å². The lowest BCUT2D eigenvalue weighted by Gasteiger charge is -2.36. The van der Waals surface area contributed by atoms with Gasteiger partial charge in [0, 0.05) is 0 Å². The third-order valence-electron chi connectivity index (χ3n) is 5.22. The van der Waals surface area contributed by atoms with Gasteiger partial charge in [0.1, 0.15) is 0 Å². The van der Waals surface area contributed by atoms with Gasteiger partial charge in [0.15, 0.2) is 8.32 Å². The maximum absolute atomic E-state index is 6.50. The molecule has 0 bridgehead atoms. The molecule has 0 radical (unpaired) electrons. The molecule has 0 amide bonds. The zero-order valence-electron chi connectivity index (χ0n) is 11.4. The predicted octanol–water partition coefficient (Wildman–Crippen LogP) is 4.57. The molecule has 3 heteroatoms. The van der Waals surface area contributed by atoms with Crippen LogP contribution in [0.1, 0.15) is 47.5 Å². The molecule has 0 aliphatic carbocycles. The van der Waals surface area contributed by atoms with E-state index in [0.717, 1.165) is 5.54 Å². The summed E-state index contributed by atoms with van der Waals surface area (Å²) in [6.07, 6.45) is 3.76. The Morgan fingerprint density at radius 2 is 1.73 bits per heavy atom. The number of hydrogen-bond donors (Lipinski definition) is 0. The molecular weight excluding hydrogens is 199 g/mol. The quantitative estimate of drug-likeness (QED) is 0.638. The van der Waals surface area contributed by atoms with Crippen LogP contribution in [0.4, 0.5) is 0 Å². The van der Waals surface area contributed by atoms with Crippen molar-refractivity contribution in [2.45, 2.75) is 77.2 Å². The van der Waals surface area contributed by atoms with Gasteiger partial charge in [-0.3, -0.25) is 0 Å². The second-order valence-electron chi connectivity index (χ2n) is 5.34. The van der Waals surface area contributed by atoms with E-state index < -0.39 is 8.32 Å². The van der Waals surface area contributed by atoms with Gasteiger partial charge in [-0.05, 0) is 23.4 Å². The van der Waals surface area contributed by atoms with Gasteiger partial charge in [-0.15, -0.1) is 0 Å². The van der Waals surface area contributed by atoms with Crippen LogP contribution in [0.25, 0.3) is 0 Å². The standard InChI is InChI=1S/C12H27BOSi/c1-7-12(8-2)11(5)15(6,10-4)14-13(12)9-3/h11H,7-10H2,1-6H3. The first-order valence-electron chi connectivity index (χ1n) is 6.68. The van der Waals surface area contributed by atoms with Crippen LogP contribution in [0.15, 0.2) is 0 Å². The lowest BCUT2D eigenvalue weighted by Crippen LogP contribution is -2.34. The van der Waals surface area contributed by atoms with Crippen molar-refractivity contribution in [3.8, 4) is 0 Å². The van der Waals surface area contributed by atoms with Crippen molar-refractivity contribution in [1.82, 2.24) is 0 Å². The van der Waals surface area contributed by atoms with Gasteiger partial charge in [-0.1, -0.05) is 53.8 Å². The molecule has 2 unspecified atom stereocenters. The molecule has 0 aromatic heterocycles. The monoisotopic (exact) mass is 226 g/mol. The Balaban J connectivity index is 3.04. The van der Waals surface area contributed by atoms with E-state index in [0.29, 0.717) is 12.2 Å². The summed E-state index contributed by atoms with van der Waals surface area (Å²) < 4.78 is 6.50. The minimum atomic E-state index is -1.42. The van der Waals surface area contributed by atoms with Gasteiger partial charge in [0.25, 0.3) is 6.92 Å². The summed E-state index contributed by atoms with van der Waals surface area (Å²) >= 11 is 0. The highest BCUT2D eigenvalue weighted by Gasteiger charge is 2.59. The molecular formula is C12H27BOSi. The van der Waals surface area contributed by atoms with E-state index in [1.54, 1.807) is 0 Å². The van der Waals surface area contributed by atoms with Gasteiger partial charge in [-0.25, -0.2) is 0 Å². The van der Waals surface area contributed by atoms with Crippen LogP contribution in [-0.4, -0.2) is 15.2 Å². The summed E-state index contributed by atoms with van der Waals surface area (Å²) in [6, 6.07) is 1.27. The summed E-state index contributed by atoms with van der Waals surface area (Å²) in [5.74, 6) is 0. The van der Waals surface area contributed by atoms with Crippen molar-refractivity contribution in [2.24, 2.45) is 0 Å². The molecule has 0 aromatic rings. The highest BCUT2D eigenvalue weighted by Crippen LogP contribution is 2.61. The van der Waals surface area contributed by atoms with Crippen LogP contribution in [0.5, 0.6) is 0 Å². The lowest BCUT2D eigenvalue weighted by atomic mass is 9.41. The van der Waals surface area contributed by atoms with Crippen molar-refractivity contribution in [1.29, 1.82) is 0 Å². The maximum atomic E-state index is 6.50. The van der Waals surface area contributed by atoms with Gasteiger partial charge < -0.3 is 4.34 Å². The van der Waals surface area contributed by atoms with Gasteiger partial charge in [0.2, 0.25) is 0 Å². The second kappa shape index (κ2) is 4.62. The molecule has 0 N–H and O–H groups in total. The average molecular weight is 226 g/mol. The van der Waals surface area contributed by atoms with Crippen LogP contribution < -0.4 is 0 Å². The highest BCUT2D eigenvalue weighted by atomic mass is 28.4.